The Hall–Kier alpha value is -1.32. The van der Waals surface area contributed by atoms with Crippen molar-refractivity contribution in [2.75, 3.05) is 0 Å². The van der Waals surface area contributed by atoms with Crippen LogP contribution in [0, 0.1) is 0 Å². The summed E-state index contributed by atoms with van der Waals surface area (Å²) in [7, 11) is 0. The molecule has 4 heteroatoms. The molecule has 0 radical (unpaired) electrons. The Balaban J connectivity index is 3.95. The van der Waals surface area contributed by atoms with E-state index in [4.69, 9.17) is 9.84 Å². The Morgan fingerprint density at radius 2 is 0.905 bits per heavy atom. The molecule has 0 saturated heterocycles. The van der Waals surface area contributed by atoms with Crippen LogP contribution in [-0.2, 0) is 14.3 Å². The summed E-state index contributed by atoms with van der Waals surface area (Å²) in [5.41, 5.74) is 0. The second kappa shape index (κ2) is 34.2. The molecule has 0 aliphatic rings. The largest absolute Gasteiger partial charge is 0.481 e. The maximum atomic E-state index is 12.6. The molecule has 0 saturated carbocycles. The first kappa shape index (κ1) is 40.7. The maximum Gasteiger partial charge on any atom is 0.306 e. The quantitative estimate of drug-likeness (QED) is 0.0458. The smallest absolute Gasteiger partial charge is 0.306 e. The number of aliphatic carboxylic acids is 1. The van der Waals surface area contributed by atoms with Gasteiger partial charge in [-0.3, -0.25) is 9.59 Å². The van der Waals surface area contributed by atoms with Crippen molar-refractivity contribution in [2.45, 2.75) is 219 Å². The van der Waals surface area contributed by atoms with Gasteiger partial charge in [-0.1, -0.05) is 168 Å². The summed E-state index contributed by atoms with van der Waals surface area (Å²) in [6, 6.07) is 0. The number of esters is 1. The predicted octanol–water partition coefficient (Wildman–Crippen LogP) is 12.7. The number of hydrogen-bond acceptors (Lipinski definition) is 3. The monoisotopic (exact) mass is 593 g/mol. The van der Waals surface area contributed by atoms with Crippen molar-refractivity contribution in [3.05, 3.63) is 12.2 Å². The predicted molar refractivity (Wildman–Crippen MR) is 181 cm³/mol. The third kappa shape index (κ3) is 33.2. The van der Waals surface area contributed by atoms with E-state index in [1.807, 2.05) is 0 Å². The number of unbranched alkanes of at least 4 members (excludes halogenated alkanes) is 25. The van der Waals surface area contributed by atoms with Crippen LogP contribution < -0.4 is 0 Å². The van der Waals surface area contributed by atoms with Crippen LogP contribution in [0.1, 0.15) is 213 Å². The Labute approximate surface area is 262 Å². The van der Waals surface area contributed by atoms with Gasteiger partial charge < -0.3 is 9.84 Å². The van der Waals surface area contributed by atoms with Crippen molar-refractivity contribution in [3.63, 3.8) is 0 Å². The van der Waals surface area contributed by atoms with Crippen LogP contribution in [0.15, 0.2) is 12.2 Å². The molecule has 248 valence electrons. The molecular formula is C38H72O4. The third-order valence-electron chi connectivity index (χ3n) is 8.47. The van der Waals surface area contributed by atoms with Gasteiger partial charge in [0.2, 0.25) is 0 Å². The average molecular weight is 593 g/mol. The lowest BCUT2D eigenvalue weighted by molar-refractivity contribution is -0.147. The zero-order chi connectivity index (χ0) is 30.8. The molecule has 0 heterocycles. The van der Waals surface area contributed by atoms with Crippen LogP contribution in [0.3, 0.4) is 0 Å². The van der Waals surface area contributed by atoms with Gasteiger partial charge in [0.25, 0.3) is 0 Å². The summed E-state index contributed by atoms with van der Waals surface area (Å²) >= 11 is 0. The number of carboxylic acid groups (broad SMARTS) is 1. The summed E-state index contributed by atoms with van der Waals surface area (Å²) in [4.78, 5) is 23.3. The molecule has 1 atom stereocenters. The van der Waals surface area contributed by atoms with Crippen LogP contribution in [0.4, 0.5) is 0 Å². The minimum absolute atomic E-state index is 0.0585. The van der Waals surface area contributed by atoms with E-state index in [0.717, 1.165) is 51.4 Å². The van der Waals surface area contributed by atoms with Gasteiger partial charge in [0.1, 0.15) is 6.10 Å². The first-order valence-electron chi connectivity index (χ1n) is 18.7. The normalized spacial score (nSPS) is 12.2. The minimum Gasteiger partial charge on any atom is -0.481 e. The van der Waals surface area contributed by atoms with E-state index in [-0.39, 0.29) is 18.5 Å². The molecular weight excluding hydrogens is 520 g/mol. The van der Waals surface area contributed by atoms with Crippen molar-refractivity contribution in [1.29, 1.82) is 0 Å². The first-order chi connectivity index (χ1) is 20.6. The molecule has 0 aromatic carbocycles. The first-order valence-corrected chi connectivity index (χ1v) is 18.7. The van der Waals surface area contributed by atoms with Gasteiger partial charge in [-0.25, -0.2) is 0 Å². The van der Waals surface area contributed by atoms with Crippen LogP contribution in [0.5, 0.6) is 0 Å². The highest BCUT2D eigenvalue weighted by Crippen LogP contribution is 2.16. The molecule has 4 nitrogen and oxygen atoms in total. The topological polar surface area (TPSA) is 63.6 Å². The standard InChI is InChI=1S/C38H72O4/c1-3-5-7-9-11-13-14-15-16-17-18-19-21-23-25-31-35-38(41)42-36(33-29-26-27-30-34-37(39)40)32-28-24-22-20-12-10-8-6-4-2/h28,32,36H,3-27,29-31,33-35H2,1-2H3,(H,39,40)/b32-28-. The van der Waals surface area contributed by atoms with Crippen LogP contribution in [-0.4, -0.2) is 23.1 Å². The summed E-state index contributed by atoms with van der Waals surface area (Å²) in [6.45, 7) is 4.54. The van der Waals surface area contributed by atoms with Gasteiger partial charge in [0, 0.05) is 12.8 Å². The summed E-state index contributed by atoms with van der Waals surface area (Å²) < 4.78 is 5.87. The van der Waals surface area contributed by atoms with E-state index in [1.54, 1.807) is 0 Å². The van der Waals surface area contributed by atoms with Crippen LogP contribution >= 0.6 is 0 Å². The highest BCUT2D eigenvalue weighted by Gasteiger charge is 2.11. The molecule has 0 aliphatic heterocycles. The molecule has 0 rings (SSSR count). The molecule has 42 heavy (non-hydrogen) atoms. The lowest BCUT2D eigenvalue weighted by Gasteiger charge is -2.15. The summed E-state index contributed by atoms with van der Waals surface area (Å²) in [6.07, 6.45) is 41.0. The lowest BCUT2D eigenvalue weighted by atomic mass is 10.0. The second-order valence-electron chi connectivity index (χ2n) is 12.8. The van der Waals surface area contributed by atoms with Gasteiger partial charge in [-0.15, -0.1) is 0 Å². The fourth-order valence-electron chi connectivity index (χ4n) is 5.68. The number of ether oxygens (including phenoxy) is 1. The van der Waals surface area contributed by atoms with Crippen LogP contribution in [0.2, 0.25) is 0 Å². The number of carbonyl (C=O) groups is 2. The Morgan fingerprint density at radius 3 is 1.36 bits per heavy atom. The molecule has 0 bridgehead atoms. The number of allylic oxidation sites excluding steroid dienone is 1. The highest BCUT2D eigenvalue weighted by molar-refractivity contribution is 5.69. The van der Waals surface area contributed by atoms with Gasteiger partial charge in [0.15, 0.2) is 0 Å². The van der Waals surface area contributed by atoms with Crippen molar-refractivity contribution < 1.29 is 19.4 Å². The SMILES string of the molecule is CCCCCCCCC/C=C\C(CCCCCCC(=O)O)OC(=O)CCCCCCCCCCCCCCCCCC. The third-order valence-corrected chi connectivity index (χ3v) is 8.47. The molecule has 0 amide bonds. The van der Waals surface area contributed by atoms with Crippen LogP contribution in [0.25, 0.3) is 0 Å². The lowest BCUT2D eigenvalue weighted by Crippen LogP contribution is -2.16. The molecule has 0 spiro atoms. The fourth-order valence-corrected chi connectivity index (χ4v) is 5.68. The maximum absolute atomic E-state index is 12.6. The van der Waals surface area contributed by atoms with Gasteiger partial charge >= 0.3 is 11.9 Å². The van der Waals surface area contributed by atoms with Gasteiger partial charge in [-0.05, 0) is 44.6 Å². The highest BCUT2D eigenvalue weighted by atomic mass is 16.5. The van der Waals surface area contributed by atoms with Gasteiger partial charge in [-0.2, -0.15) is 0 Å². The van der Waals surface area contributed by atoms with E-state index >= 15 is 0 Å². The molecule has 0 aliphatic carbocycles. The number of hydrogen-bond donors (Lipinski definition) is 1. The molecule has 0 aromatic heterocycles. The zero-order valence-electron chi connectivity index (χ0n) is 28.3. The Bertz CT molecular complexity index is 600. The van der Waals surface area contributed by atoms with E-state index in [2.05, 4.69) is 26.0 Å². The zero-order valence-corrected chi connectivity index (χ0v) is 28.3. The molecule has 1 unspecified atom stereocenters. The molecule has 1 N–H and O–H groups in total. The number of carbonyl (C=O) groups excluding carboxylic acids is 1. The number of carboxylic acids is 1. The van der Waals surface area contributed by atoms with E-state index < -0.39 is 5.97 Å². The Morgan fingerprint density at radius 1 is 0.524 bits per heavy atom. The van der Waals surface area contributed by atoms with Gasteiger partial charge in [0.05, 0.1) is 0 Å². The van der Waals surface area contributed by atoms with Crippen molar-refractivity contribution in [1.82, 2.24) is 0 Å². The summed E-state index contributed by atoms with van der Waals surface area (Å²) in [5, 5.41) is 8.81. The number of rotatable bonds is 34. The van der Waals surface area contributed by atoms with Crippen molar-refractivity contribution in [2.24, 2.45) is 0 Å². The average Bonchev–Trinajstić information content (AvgIpc) is 2.97. The van der Waals surface area contributed by atoms with E-state index in [0.29, 0.717) is 6.42 Å². The van der Waals surface area contributed by atoms with E-state index in [1.165, 1.54) is 135 Å². The van der Waals surface area contributed by atoms with E-state index in [9.17, 15) is 9.59 Å². The Kier molecular flexibility index (Phi) is 33.1. The van der Waals surface area contributed by atoms with Crippen molar-refractivity contribution >= 4 is 11.9 Å². The fraction of sp³-hybridized carbons (Fsp3) is 0.895. The van der Waals surface area contributed by atoms with Crippen molar-refractivity contribution in [3.8, 4) is 0 Å². The molecule has 0 fully saturated rings. The second-order valence-corrected chi connectivity index (χ2v) is 12.8. The summed E-state index contributed by atoms with van der Waals surface area (Å²) in [5.74, 6) is -0.777. The molecule has 0 aromatic rings. The minimum atomic E-state index is -0.718.